The fourth-order valence-electron chi connectivity index (χ4n) is 4.05. The molecule has 0 saturated carbocycles. The number of aromatic nitrogens is 1. The fraction of sp³-hybridized carbons (Fsp3) is 0.391. The molecule has 2 heterocycles. The monoisotopic (exact) mass is 502 g/mol. The van der Waals surface area contributed by atoms with Gasteiger partial charge in [-0.3, -0.25) is 14.9 Å². The van der Waals surface area contributed by atoms with Gasteiger partial charge in [-0.2, -0.15) is 9.30 Å². The fourth-order valence-corrected chi connectivity index (χ4v) is 6.66. The van der Waals surface area contributed by atoms with E-state index in [1.54, 1.807) is 6.07 Å². The van der Waals surface area contributed by atoms with Crippen LogP contribution >= 0.6 is 11.3 Å². The molecule has 1 aliphatic rings. The molecule has 0 atom stereocenters. The number of aryl methyl sites for hydroxylation is 1. The molecule has 1 fully saturated rings. The third-order valence-electron chi connectivity index (χ3n) is 5.83. The highest BCUT2D eigenvalue weighted by Crippen LogP contribution is 2.24. The number of non-ortho nitro benzene ring substituents is 1. The van der Waals surface area contributed by atoms with Gasteiger partial charge >= 0.3 is 0 Å². The molecule has 0 bridgehead atoms. The minimum absolute atomic E-state index is 0.0171. The number of hydrogen-bond acceptors (Lipinski definition) is 6. The highest BCUT2D eigenvalue weighted by molar-refractivity contribution is 7.89. The Morgan fingerprint density at radius 1 is 1.09 bits per heavy atom. The second-order valence-corrected chi connectivity index (χ2v) is 11.2. The molecule has 11 heteroatoms. The average molecular weight is 503 g/mol. The molecule has 34 heavy (non-hydrogen) atoms. The second-order valence-electron chi connectivity index (χ2n) is 8.21. The van der Waals surface area contributed by atoms with E-state index in [9.17, 15) is 23.3 Å². The van der Waals surface area contributed by atoms with Crippen molar-refractivity contribution in [2.75, 3.05) is 13.1 Å². The Hall–Kier alpha value is -2.89. The van der Waals surface area contributed by atoms with E-state index >= 15 is 0 Å². The van der Waals surface area contributed by atoms with Crippen molar-refractivity contribution in [3.63, 3.8) is 0 Å². The predicted molar refractivity (Wildman–Crippen MR) is 130 cm³/mol. The van der Waals surface area contributed by atoms with Crippen molar-refractivity contribution in [3.05, 3.63) is 62.9 Å². The number of sulfonamides is 1. The zero-order valence-electron chi connectivity index (χ0n) is 18.8. The van der Waals surface area contributed by atoms with Crippen molar-refractivity contribution < 1.29 is 18.1 Å². The molecule has 4 rings (SSSR count). The summed E-state index contributed by atoms with van der Waals surface area (Å²) in [6.45, 7) is 3.63. The zero-order chi connectivity index (χ0) is 24.3. The molecule has 0 radical (unpaired) electrons. The first-order chi connectivity index (χ1) is 16.3. The average Bonchev–Trinajstić information content (AvgIpc) is 2.99. The maximum Gasteiger partial charge on any atom is 0.279 e. The van der Waals surface area contributed by atoms with E-state index in [4.69, 9.17) is 0 Å². The minimum atomic E-state index is -3.59. The molecule has 9 nitrogen and oxygen atoms in total. The summed E-state index contributed by atoms with van der Waals surface area (Å²) in [4.78, 5) is 28.4. The van der Waals surface area contributed by atoms with E-state index in [0.717, 1.165) is 37.6 Å². The molecule has 1 amide bonds. The molecular formula is C23H26N4O5S2. The Morgan fingerprint density at radius 2 is 1.76 bits per heavy atom. The summed E-state index contributed by atoms with van der Waals surface area (Å²) in [5.74, 6) is -0.496. The molecule has 0 N–H and O–H groups in total. The van der Waals surface area contributed by atoms with Crippen LogP contribution in [0.1, 0.15) is 49.4 Å². The van der Waals surface area contributed by atoms with Gasteiger partial charge in [-0.15, -0.1) is 0 Å². The lowest BCUT2D eigenvalue weighted by Gasteiger charge is -2.19. The van der Waals surface area contributed by atoms with Crippen molar-refractivity contribution >= 4 is 43.2 Å². The molecular weight excluding hydrogens is 476 g/mol. The van der Waals surface area contributed by atoms with Gasteiger partial charge < -0.3 is 4.57 Å². The van der Waals surface area contributed by atoms with Gasteiger partial charge in [-0.1, -0.05) is 31.1 Å². The minimum Gasteiger partial charge on any atom is -0.316 e. The van der Waals surface area contributed by atoms with Crippen LogP contribution < -0.4 is 4.80 Å². The smallest absolute Gasteiger partial charge is 0.279 e. The van der Waals surface area contributed by atoms with Crippen molar-refractivity contribution in [2.45, 2.75) is 50.5 Å². The summed E-state index contributed by atoms with van der Waals surface area (Å²) in [5, 5.41) is 11.1. The van der Waals surface area contributed by atoms with Gasteiger partial charge in [0.25, 0.3) is 11.6 Å². The molecule has 0 unspecified atom stereocenters. The van der Waals surface area contributed by atoms with E-state index in [2.05, 4.69) is 4.99 Å². The third-order valence-corrected chi connectivity index (χ3v) is 8.78. The Bertz CT molecular complexity index is 1380. The lowest BCUT2D eigenvalue weighted by molar-refractivity contribution is -0.384. The van der Waals surface area contributed by atoms with Gasteiger partial charge in [0.1, 0.15) is 0 Å². The molecule has 1 aromatic heterocycles. The molecule has 0 spiro atoms. The molecule has 1 saturated heterocycles. The number of carbonyl (C=O) groups is 1. The number of amides is 1. The second kappa shape index (κ2) is 10.2. The number of rotatable bonds is 6. The van der Waals surface area contributed by atoms with E-state index < -0.39 is 20.9 Å². The normalized spacial score (nSPS) is 16.0. The van der Waals surface area contributed by atoms with Gasteiger partial charge in [-0.25, -0.2) is 8.42 Å². The number of benzene rings is 2. The van der Waals surface area contributed by atoms with Crippen LogP contribution in [0.25, 0.3) is 10.2 Å². The van der Waals surface area contributed by atoms with E-state index in [-0.39, 0.29) is 16.1 Å². The van der Waals surface area contributed by atoms with Crippen LogP contribution in [0.15, 0.2) is 52.4 Å². The highest BCUT2D eigenvalue weighted by atomic mass is 32.2. The van der Waals surface area contributed by atoms with Crippen LogP contribution in [0.4, 0.5) is 5.69 Å². The molecule has 2 aromatic carbocycles. The number of carbonyl (C=O) groups excluding carboxylic acids is 1. The summed E-state index contributed by atoms with van der Waals surface area (Å²) in [7, 11) is -3.59. The van der Waals surface area contributed by atoms with Crippen molar-refractivity contribution in [1.82, 2.24) is 8.87 Å². The van der Waals surface area contributed by atoms with Gasteiger partial charge in [0, 0.05) is 37.3 Å². The Morgan fingerprint density at radius 3 is 2.38 bits per heavy atom. The number of hydrogen-bond donors (Lipinski definition) is 0. The predicted octanol–water partition coefficient (Wildman–Crippen LogP) is 4.33. The van der Waals surface area contributed by atoms with Crippen LogP contribution in [-0.4, -0.2) is 41.2 Å². The van der Waals surface area contributed by atoms with Crippen LogP contribution in [0.3, 0.4) is 0 Å². The molecule has 1 aliphatic heterocycles. The van der Waals surface area contributed by atoms with Crippen LogP contribution in [-0.2, 0) is 16.6 Å². The first-order valence-corrected chi connectivity index (χ1v) is 13.5. The first kappa shape index (κ1) is 24.2. The van der Waals surface area contributed by atoms with Gasteiger partial charge in [0.15, 0.2) is 4.80 Å². The summed E-state index contributed by atoms with van der Waals surface area (Å²) in [6.07, 6.45) is 4.57. The summed E-state index contributed by atoms with van der Waals surface area (Å²) < 4.78 is 30.0. The Kier molecular flexibility index (Phi) is 7.24. The van der Waals surface area contributed by atoms with Crippen LogP contribution in [0.2, 0.25) is 0 Å². The van der Waals surface area contributed by atoms with Crippen LogP contribution in [0.5, 0.6) is 0 Å². The topological polar surface area (TPSA) is 115 Å². The summed E-state index contributed by atoms with van der Waals surface area (Å²) in [6, 6.07) is 10.5. The quantitative estimate of drug-likeness (QED) is 0.368. The maximum atomic E-state index is 13.0. The molecule has 3 aromatic rings. The largest absolute Gasteiger partial charge is 0.316 e. The summed E-state index contributed by atoms with van der Waals surface area (Å²) >= 11 is 1.22. The highest BCUT2D eigenvalue weighted by Gasteiger charge is 2.25. The Labute approximate surface area is 201 Å². The third kappa shape index (κ3) is 4.96. The van der Waals surface area contributed by atoms with Gasteiger partial charge in [0.05, 0.1) is 20.0 Å². The lowest BCUT2D eigenvalue weighted by atomic mass is 10.2. The van der Waals surface area contributed by atoms with E-state index in [1.165, 1.54) is 52.0 Å². The van der Waals surface area contributed by atoms with Crippen molar-refractivity contribution in [3.8, 4) is 0 Å². The van der Waals surface area contributed by atoms with Gasteiger partial charge in [0.2, 0.25) is 10.0 Å². The SMILES string of the molecule is CCCn1c(=NC(=O)c2ccc(S(=O)(=O)N3CCCCCC3)cc2)sc2cc([N+](=O)[O-])ccc21. The number of nitro groups is 1. The van der Waals surface area contributed by atoms with E-state index in [0.29, 0.717) is 29.1 Å². The number of nitrogens with zero attached hydrogens (tertiary/aromatic N) is 4. The number of thiazole rings is 1. The van der Waals surface area contributed by atoms with Crippen LogP contribution in [0, 0.1) is 10.1 Å². The van der Waals surface area contributed by atoms with Crippen molar-refractivity contribution in [2.24, 2.45) is 4.99 Å². The summed E-state index contributed by atoms with van der Waals surface area (Å²) in [5.41, 5.74) is 1.04. The Balaban J connectivity index is 1.65. The molecule has 0 aliphatic carbocycles. The molecule has 180 valence electrons. The number of nitro benzene ring substituents is 1. The van der Waals surface area contributed by atoms with Gasteiger partial charge in [-0.05, 0) is 49.6 Å². The number of fused-ring (bicyclic) bond motifs is 1. The van der Waals surface area contributed by atoms with E-state index in [1.807, 2.05) is 11.5 Å². The zero-order valence-corrected chi connectivity index (χ0v) is 20.5. The standard InChI is InChI=1S/C23H26N4O5S2/c1-2-13-26-20-12-9-18(27(29)30)16-21(20)33-23(26)24-22(28)17-7-10-19(11-8-17)34(31,32)25-14-5-3-4-6-15-25/h7-12,16H,2-6,13-15H2,1H3. The lowest BCUT2D eigenvalue weighted by Crippen LogP contribution is -2.31. The first-order valence-electron chi connectivity index (χ1n) is 11.3. The van der Waals surface area contributed by atoms with Crippen molar-refractivity contribution in [1.29, 1.82) is 0 Å². The maximum absolute atomic E-state index is 13.0.